The Labute approximate surface area is 152 Å². The smallest absolute Gasteiger partial charge is 0.213 e. The van der Waals surface area contributed by atoms with Crippen LogP contribution in [0.3, 0.4) is 0 Å². The zero-order valence-electron chi connectivity index (χ0n) is 14.3. The summed E-state index contributed by atoms with van der Waals surface area (Å²) in [7, 11) is 1.64. The number of hydrogen-bond acceptors (Lipinski definition) is 5. The first kappa shape index (κ1) is 17.5. The lowest BCUT2D eigenvalue weighted by Gasteiger charge is -2.09. The first-order chi connectivity index (χ1) is 12.2. The molecule has 3 aromatic rings. The molecule has 0 aliphatic carbocycles. The van der Waals surface area contributed by atoms with E-state index in [1.807, 2.05) is 43.3 Å². The predicted octanol–water partition coefficient (Wildman–Crippen LogP) is 4.23. The number of halogens is 1. The fraction of sp³-hybridized carbons (Fsp3) is 0.263. The normalized spacial score (nSPS) is 10.8. The summed E-state index contributed by atoms with van der Waals surface area (Å²) >= 11 is 6.18. The van der Waals surface area contributed by atoms with Crippen LogP contribution in [-0.4, -0.2) is 30.3 Å². The van der Waals surface area contributed by atoms with E-state index in [9.17, 15) is 0 Å². The standard InChI is InChI=1S/C19H20ClN3O2/c1-13-16(20)6-4-15-5-7-17(23-19(13)15)21-11-14-3-8-18(22-12-14)25-10-9-24-2/h3-8,12H,9-11H2,1-2H3,(H,21,23). The molecular formula is C19H20ClN3O2. The van der Waals surface area contributed by atoms with Gasteiger partial charge in [-0.3, -0.25) is 0 Å². The Kier molecular flexibility index (Phi) is 5.68. The summed E-state index contributed by atoms with van der Waals surface area (Å²) < 4.78 is 10.4. The Balaban J connectivity index is 1.65. The number of pyridine rings is 2. The first-order valence-electron chi connectivity index (χ1n) is 8.04. The highest BCUT2D eigenvalue weighted by Crippen LogP contribution is 2.25. The SMILES string of the molecule is COCCOc1ccc(CNc2ccc3ccc(Cl)c(C)c3n2)cn1. The second-order valence-corrected chi connectivity index (χ2v) is 6.05. The van der Waals surface area contributed by atoms with Crippen molar-refractivity contribution in [3.63, 3.8) is 0 Å². The van der Waals surface area contributed by atoms with E-state index in [1.165, 1.54) is 0 Å². The fourth-order valence-electron chi connectivity index (χ4n) is 2.43. The van der Waals surface area contributed by atoms with Crippen molar-refractivity contribution in [1.82, 2.24) is 9.97 Å². The van der Waals surface area contributed by atoms with Crippen LogP contribution < -0.4 is 10.1 Å². The van der Waals surface area contributed by atoms with E-state index in [-0.39, 0.29) is 0 Å². The minimum atomic E-state index is 0.490. The van der Waals surface area contributed by atoms with Crippen LogP contribution in [0, 0.1) is 6.92 Å². The molecule has 1 N–H and O–H groups in total. The molecule has 0 bridgehead atoms. The monoisotopic (exact) mass is 357 g/mol. The lowest BCUT2D eigenvalue weighted by molar-refractivity contribution is 0.143. The van der Waals surface area contributed by atoms with Crippen LogP contribution in [-0.2, 0) is 11.3 Å². The van der Waals surface area contributed by atoms with Crippen LogP contribution in [0.25, 0.3) is 10.9 Å². The fourth-order valence-corrected chi connectivity index (χ4v) is 2.58. The van der Waals surface area contributed by atoms with Gasteiger partial charge in [0.1, 0.15) is 12.4 Å². The van der Waals surface area contributed by atoms with Gasteiger partial charge in [-0.25, -0.2) is 9.97 Å². The first-order valence-corrected chi connectivity index (χ1v) is 8.41. The van der Waals surface area contributed by atoms with Gasteiger partial charge in [0.2, 0.25) is 5.88 Å². The largest absolute Gasteiger partial charge is 0.475 e. The molecule has 25 heavy (non-hydrogen) atoms. The Morgan fingerprint density at radius 2 is 1.92 bits per heavy atom. The second-order valence-electron chi connectivity index (χ2n) is 5.64. The quantitative estimate of drug-likeness (QED) is 0.641. The number of nitrogens with one attached hydrogen (secondary N) is 1. The summed E-state index contributed by atoms with van der Waals surface area (Å²) in [6.45, 7) is 3.64. The molecule has 0 spiro atoms. The van der Waals surface area contributed by atoms with Crippen molar-refractivity contribution in [2.45, 2.75) is 13.5 Å². The van der Waals surface area contributed by atoms with Crippen molar-refractivity contribution < 1.29 is 9.47 Å². The average Bonchev–Trinajstić information content (AvgIpc) is 2.64. The van der Waals surface area contributed by atoms with E-state index < -0.39 is 0 Å². The Morgan fingerprint density at radius 3 is 2.68 bits per heavy atom. The molecule has 0 fully saturated rings. The Morgan fingerprint density at radius 1 is 1.08 bits per heavy atom. The van der Waals surface area contributed by atoms with Crippen LogP contribution in [0.1, 0.15) is 11.1 Å². The molecule has 0 radical (unpaired) electrons. The number of rotatable bonds is 7. The van der Waals surface area contributed by atoms with Gasteiger partial charge in [0.05, 0.1) is 12.1 Å². The molecule has 0 amide bonds. The summed E-state index contributed by atoms with van der Waals surface area (Å²) in [5, 5.41) is 5.12. The molecule has 0 atom stereocenters. The van der Waals surface area contributed by atoms with Gasteiger partial charge in [0.15, 0.2) is 0 Å². The number of ether oxygens (including phenoxy) is 2. The van der Waals surface area contributed by atoms with Gasteiger partial charge >= 0.3 is 0 Å². The predicted molar refractivity (Wildman–Crippen MR) is 100 cm³/mol. The molecule has 2 aromatic heterocycles. The summed E-state index contributed by atoms with van der Waals surface area (Å²) in [6.07, 6.45) is 1.79. The molecule has 0 aliphatic rings. The average molecular weight is 358 g/mol. The molecule has 130 valence electrons. The molecule has 0 saturated carbocycles. The molecule has 1 aromatic carbocycles. The molecular weight excluding hydrogens is 338 g/mol. The maximum Gasteiger partial charge on any atom is 0.213 e. The van der Waals surface area contributed by atoms with Gasteiger partial charge in [-0.2, -0.15) is 0 Å². The van der Waals surface area contributed by atoms with Crippen molar-refractivity contribution in [2.24, 2.45) is 0 Å². The van der Waals surface area contributed by atoms with Gasteiger partial charge < -0.3 is 14.8 Å². The van der Waals surface area contributed by atoms with Crippen LogP contribution >= 0.6 is 11.6 Å². The maximum atomic E-state index is 6.18. The molecule has 5 nitrogen and oxygen atoms in total. The third-order valence-electron chi connectivity index (χ3n) is 3.86. The van der Waals surface area contributed by atoms with Gasteiger partial charge in [0.25, 0.3) is 0 Å². The highest BCUT2D eigenvalue weighted by atomic mass is 35.5. The van der Waals surface area contributed by atoms with Crippen molar-refractivity contribution in [3.8, 4) is 5.88 Å². The summed E-state index contributed by atoms with van der Waals surface area (Å²) in [5.41, 5.74) is 2.95. The molecule has 2 heterocycles. The number of anilines is 1. The van der Waals surface area contributed by atoms with Crippen molar-refractivity contribution in [1.29, 1.82) is 0 Å². The Hall–Kier alpha value is -2.37. The summed E-state index contributed by atoms with van der Waals surface area (Å²) in [4.78, 5) is 8.95. The highest BCUT2D eigenvalue weighted by Gasteiger charge is 2.05. The molecule has 0 unspecified atom stereocenters. The van der Waals surface area contributed by atoms with E-state index in [1.54, 1.807) is 13.3 Å². The van der Waals surface area contributed by atoms with Crippen LogP contribution in [0.4, 0.5) is 5.82 Å². The van der Waals surface area contributed by atoms with Gasteiger partial charge in [-0.05, 0) is 36.2 Å². The van der Waals surface area contributed by atoms with Crippen LogP contribution in [0.2, 0.25) is 5.02 Å². The number of benzene rings is 1. The number of nitrogens with zero attached hydrogens (tertiary/aromatic N) is 2. The van der Waals surface area contributed by atoms with Crippen molar-refractivity contribution >= 4 is 28.3 Å². The number of fused-ring (bicyclic) bond motifs is 1. The molecule has 3 rings (SSSR count). The van der Waals surface area contributed by atoms with Gasteiger partial charge in [-0.1, -0.05) is 23.7 Å². The van der Waals surface area contributed by atoms with Gasteiger partial charge in [-0.15, -0.1) is 0 Å². The summed E-state index contributed by atoms with van der Waals surface area (Å²) in [5.74, 6) is 1.40. The van der Waals surface area contributed by atoms with E-state index in [4.69, 9.17) is 21.1 Å². The van der Waals surface area contributed by atoms with Crippen molar-refractivity contribution in [2.75, 3.05) is 25.6 Å². The lowest BCUT2D eigenvalue weighted by Crippen LogP contribution is -2.06. The zero-order chi connectivity index (χ0) is 17.6. The molecule has 0 aliphatic heterocycles. The zero-order valence-corrected chi connectivity index (χ0v) is 15.0. The van der Waals surface area contributed by atoms with Gasteiger partial charge in [0, 0.05) is 36.3 Å². The minimum Gasteiger partial charge on any atom is -0.475 e. The number of aromatic nitrogens is 2. The highest BCUT2D eigenvalue weighted by molar-refractivity contribution is 6.32. The van der Waals surface area contributed by atoms with Crippen LogP contribution in [0.5, 0.6) is 5.88 Å². The number of hydrogen-bond donors (Lipinski definition) is 1. The van der Waals surface area contributed by atoms with E-state index in [0.717, 1.165) is 32.9 Å². The minimum absolute atomic E-state index is 0.490. The number of aryl methyl sites for hydroxylation is 1. The molecule has 6 heteroatoms. The molecule has 0 saturated heterocycles. The number of methoxy groups -OCH3 is 1. The lowest BCUT2D eigenvalue weighted by atomic mass is 10.1. The van der Waals surface area contributed by atoms with E-state index in [0.29, 0.717) is 25.6 Å². The third kappa shape index (κ3) is 4.38. The summed E-state index contributed by atoms with van der Waals surface area (Å²) in [6, 6.07) is 11.7. The van der Waals surface area contributed by atoms with E-state index >= 15 is 0 Å². The third-order valence-corrected chi connectivity index (χ3v) is 4.27. The second kappa shape index (κ2) is 8.14. The van der Waals surface area contributed by atoms with Crippen molar-refractivity contribution in [3.05, 3.63) is 58.7 Å². The topological polar surface area (TPSA) is 56.3 Å². The van der Waals surface area contributed by atoms with E-state index in [2.05, 4.69) is 15.3 Å². The Bertz CT molecular complexity index is 853. The van der Waals surface area contributed by atoms with Crippen LogP contribution in [0.15, 0.2) is 42.6 Å². The maximum absolute atomic E-state index is 6.18.